The monoisotopic (exact) mass is 518 g/mol. The summed E-state index contributed by atoms with van der Waals surface area (Å²) in [7, 11) is 1.52. The maximum atomic E-state index is 12.4. The fourth-order valence-corrected chi connectivity index (χ4v) is 3.28. The number of methoxy groups -OCH3 is 1. The van der Waals surface area contributed by atoms with E-state index in [1.807, 2.05) is 26.0 Å². The second-order valence-corrected chi connectivity index (χ2v) is 7.66. The SMILES string of the molecule is COc1ccc(Br)cc1C(=O)NC(=S)Nc1cc(C)c(I)cc1C. The van der Waals surface area contributed by atoms with Crippen molar-refractivity contribution in [1.29, 1.82) is 0 Å². The minimum Gasteiger partial charge on any atom is -0.496 e. The molecule has 0 aliphatic heterocycles. The Morgan fingerprint density at radius 3 is 2.58 bits per heavy atom. The number of aryl methyl sites for hydroxylation is 2. The Kier molecular flexibility index (Phi) is 6.59. The lowest BCUT2D eigenvalue weighted by atomic mass is 10.1. The van der Waals surface area contributed by atoms with Crippen LogP contribution in [-0.4, -0.2) is 18.1 Å². The van der Waals surface area contributed by atoms with Crippen molar-refractivity contribution in [1.82, 2.24) is 5.32 Å². The van der Waals surface area contributed by atoms with Crippen LogP contribution in [0.2, 0.25) is 0 Å². The molecule has 2 aromatic carbocycles. The van der Waals surface area contributed by atoms with Gasteiger partial charge in [-0.3, -0.25) is 10.1 Å². The molecule has 2 aromatic rings. The second-order valence-electron chi connectivity index (χ2n) is 5.17. The Morgan fingerprint density at radius 1 is 1.21 bits per heavy atom. The summed E-state index contributed by atoms with van der Waals surface area (Å²) < 4.78 is 7.20. The molecule has 0 heterocycles. The van der Waals surface area contributed by atoms with Crippen molar-refractivity contribution in [3.63, 3.8) is 0 Å². The third-order valence-electron chi connectivity index (χ3n) is 3.39. The van der Waals surface area contributed by atoms with Crippen LogP contribution >= 0.6 is 50.7 Å². The summed E-state index contributed by atoms with van der Waals surface area (Å²) >= 11 is 10.9. The zero-order chi connectivity index (χ0) is 17.9. The van der Waals surface area contributed by atoms with Gasteiger partial charge in [-0.05, 0) is 90.1 Å². The smallest absolute Gasteiger partial charge is 0.261 e. The fourth-order valence-electron chi connectivity index (χ4n) is 2.10. The number of amides is 1. The molecule has 0 aliphatic rings. The molecule has 0 bridgehead atoms. The standard InChI is InChI=1S/C17H16BrIN2O2S/c1-9-7-14(10(2)6-13(9)19)20-17(24)21-16(22)12-8-11(18)4-5-15(12)23-3/h4-8H,1-3H3,(H2,20,21,22,24). The predicted octanol–water partition coefficient (Wildman–Crippen LogP) is 4.81. The number of halogens is 2. The molecule has 2 rings (SSSR count). The Bertz CT molecular complexity index is 811. The van der Waals surface area contributed by atoms with E-state index < -0.39 is 0 Å². The number of nitrogens with one attached hydrogen (secondary N) is 2. The number of rotatable bonds is 3. The number of hydrogen-bond acceptors (Lipinski definition) is 3. The highest BCUT2D eigenvalue weighted by atomic mass is 127. The molecule has 4 nitrogen and oxygen atoms in total. The predicted molar refractivity (Wildman–Crippen MR) is 113 cm³/mol. The average molecular weight is 519 g/mol. The third-order valence-corrected chi connectivity index (χ3v) is 5.25. The van der Waals surface area contributed by atoms with Crippen molar-refractivity contribution in [3.8, 4) is 5.75 Å². The van der Waals surface area contributed by atoms with Gasteiger partial charge in [0.25, 0.3) is 5.91 Å². The van der Waals surface area contributed by atoms with E-state index in [-0.39, 0.29) is 11.0 Å². The maximum Gasteiger partial charge on any atom is 0.261 e. The Labute approximate surface area is 168 Å². The number of benzene rings is 2. The van der Waals surface area contributed by atoms with Crippen molar-refractivity contribution in [2.45, 2.75) is 13.8 Å². The number of carbonyl (C=O) groups excluding carboxylic acids is 1. The highest BCUT2D eigenvalue weighted by molar-refractivity contribution is 14.1. The van der Waals surface area contributed by atoms with Gasteiger partial charge in [-0.2, -0.15) is 0 Å². The van der Waals surface area contributed by atoms with Gasteiger partial charge in [-0.1, -0.05) is 15.9 Å². The first-order valence-electron chi connectivity index (χ1n) is 7.04. The highest BCUT2D eigenvalue weighted by Crippen LogP contribution is 2.24. The highest BCUT2D eigenvalue weighted by Gasteiger charge is 2.15. The molecule has 126 valence electrons. The molecule has 24 heavy (non-hydrogen) atoms. The summed E-state index contributed by atoms with van der Waals surface area (Å²) in [5, 5.41) is 6.00. The molecule has 0 radical (unpaired) electrons. The first kappa shape index (κ1) is 19.1. The number of ether oxygens (including phenoxy) is 1. The van der Waals surface area contributed by atoms with Gasteiger partial charge in [0.1, 0.15) is 5.75 Å². The first-order chi connectivity index (χ1) is 11.3. The van der Waals surface area contributed by atoms with Crippen LogP contribution in [0.4, 0.5) is 5.69 Å². The third kappa shape index (κ3) is 4.67. The van der Waals surface area contributed by atoms with Gasteiger partial charge < -0.3 is 10.1 Å². The molecule has 0 fully saturated rings. The topological polar surface area (TPSA) is 50.4 Å². The minimum atomic E-state index is -0.328. The van der Waals surface area contributed by atoms with Crippen LogP contribution in [0.5, 0.6) is 5.75 Å². The van der Waals surface area contributed by atoms with E-state index in [1.165, 1.54) is 10.7 Å². The molecule has 0 spiro atoms. The van der Waals surface area contributed by atoms with Gasteiger partial charge in [0, 0.05) is 13.7 Å². The average Bonchev–Trinajstić information content (AvgIpc) is 2.52. The lowest BCUT2D eigenvalue weighted by Crippen LogP contribution is -2.34. The van der Waals surface area contributed by atoms with Gasteiger partial charge in [-0.25, -0.2) is 0 Å². The zero-order valence-electron chi connectivity index (χ0n) is 13.4. The molecular weight excluding hydrogens is 503 g/mol. The van der Waals surface area contributed by atoms with Gasteiger partial charge in [-0.15, -0.1) is 0 Å². The number of anilines is 1. The number of hydrogen-bond donors (Lipinski definition) is 2. The van der Waals surface area contributed by atoms with Crippen molar-refractivity contribution in [2.24, 2.45) is 0 Å². The molecule has 0 aromatic heterocycles. The van der Waals surface area contributed by atoms with Crippen molar-refractivity contribution >= 4 is 67.4 Å². The number of thiocarbonyl (C=S) groups is 1. The molecule has 0 atom stereocenters. The first-order valence-corrected chi connectivity index (χ1v) is 9.32. The van der Waals surface area contributed by atoms with Crippen LogP contribution in [-0.2, 0) is 0 Å². The summed E-state index contributed by atoms with van der Waals surface area (Å²) in [5.41, 5.74) is 3.49. The van der Waals surface area contributed by atoms with Gasteiger partial charge in [0.05, 0.1) is 12.7 Å². The molecule has 7 heteroatoms. The largest absolute Gasteiger partial charge is 0.496 e. The van der Waals surface area contributed by atoms with Crippen LogP contribution in [0.15, 0.2) is 34.8 Å². The zero-order valence-corrected chi connectivity index (χ0v) is 17.9. The summed E-state index contributed by atoms with van der Waals surface area (Å²) in [4.78, 5) is 12.4. The second kappa shape index (κ2) is 8.26. The molecule has 0 aliphatic carbocycles. The van der Waals surface area contributed by atoms with E-state index in [2.05, 4.69) is 55.2 Å². The van der Waals surface area contributed by atoms with Crippen LogP contribution < -0.4 is 15.4 Å². The summed E-state index contributed by atoms with van der Waals surface area (Å²) in [6, 6.07) is 9.30. The quantitative estimate of drug-likeness (QED) is 0.452. The Balaban J connectivity index is 2.14. The van der Waals surface area contributed by atoms with Crippen molar-refractivity contribution in [2.75, 3.05) is 12.4 Å². The lowest BCUT2D eigenvalue weighted by Gasteiger charge is -2.14. The van der Waals surface area contributed by atoms with E-state index >= 15 is 0 Å². The molecule has 0 saturated heterocycles. The molecular formula is C17H16BrIN2O2S. The van der Waals surface area contributed by atoms with E-state index in [1.54, 1.807) is 12.1 Å². The van der Waals surface area contributed by atoms with Crippen LogP contribution in [0, 0.1) is 17.4 Å². The van der Waals surface area contributed by atoms with E-state index in [4.69, 9.17) is 17.0 Å². The normalized spacial score (nSPS) is 10.2. The van der Waals surface area contributed by atoms with E-state index in [9.17, 15) is 4.79 Å². The summed E-state index contributed by atoms with van der Waals surface area (Å²) in [5.74, 6) is 0.158. The summed E-state index contributed by atoms with van der Waals surface area (Å²) in [6.07, 6.45) is 0. The van der Waals surface area contributed by atoms with Gasteiger partial charge in [0.2, 0.25) is 0 Å². The minimum absolute atomic E-state index is 0.241. The van der Waals surface area contributed by atoms with E-state index in [0.717, 1.165) is 21.3 Å². The van der Waals surface area contributed by atoms with Crippen LogP contribution in [0.1, 0.15) is 21.5 Å². The van der Waals surface area contributed by atoms with Gasteiger partial charge in [0.15, 0.2) is 5.11 Å². The van der Waals surface area contributed by atoms with Crippen molar-refractivity contribution in [3.05, 3.63) is 55.1 Å². The Hall–Kier alpha value is -1.19. The molecule has 2 N–H and O–H groups in total. The Morgan fingerprint density at radius 2 is 1.92 bits per heavy atom. The van der Waals surface area contributed by atoms with Crippen LogP contribution in [0.25, 0.3) is 0 Å². The molecule has 0 unspecified atom stereocenters. The molecule has 1 amide bonds. The van der Waals surface area contributed by atoms with Crippen LogP contribution in [0.3, 0.4) is 0 Å². The fraction of sp³-hybridized carbons (Fsp3) is 0.176. The lowest BCUT2D eigenvalue weighted by molar-refractivity contribution is 0.0974. The van der Waals surface area contributed by atoms with Gasteiger partial charge >= 0.3 is 0 Å². The maximum absolute atomic E-state index is 12.4. The number of carbonyl (C=O) groups is 1. The van der Waals surface area contributed by atoms with E-state index in [0.29, 0.717) is 11.3 Å². The van der Waals surface area contributed by atoms with Crippen molar-refractivity contribution < 1.29 is 9.53 Å². The molecule has 0 saturated carbocycles. The summed E-state index contributed by atoms with van der Waals surface area (Å²) in [6.45, 7) is 4.02.